The Hall–Kier alpha value is -1.20. The maximum atomic E-state index is 12.4. The fourth-order valence-electron chi connectivity index (χ4n) is 3.23. The van der Waals surface area contributed by atoms with Gasteiger partial charge in [-0.15, -0.1) is 11.8 Å². The van der Waals surface area contributed by atoms with Crippen molar-refractivity contribution in [1.82, 2.24) is 4.90 Å². The molecule has 1 aliphatic carbocycles. The molecule has 1 N–H and O–H groups in total. The van der Waals surface area contributed by atoms with Gasteiger partial charge in [0.2, 0.25) is 5.91 Å². The van der Waals surface area contributed by atoms with E-state index in [0.29, 0.717) is 10.9 Å². The third-order valence-corrected chi connectivity index (χ3v) is 5.47. The second kappa shape index (κ2) is 8.60. The van der Waals surface area contributed by atoms with Gasteiger partial charge in [0.25, 0.3) is 0 Å². The minimum atomic E-state index is -0.893. The molecule has 1 aliphatic rings. The fourth-order valence-corrected chi connectivity index (χ4v) is 4.01. The molecule has 1 amide bonds. The lowest BCUT2D eigenvalue weighted by molar-refractivity contribution is -0.133. The van der Waals surface area contributed by atoms with Crippen LogP contribution in [0.4, 0.5) is 0 Å². The van der Waals surface area contributed by atoms with Crippen LogP contribution in [-0.2, 0) is 9.59 Å². The zero-order valence-electron chi connectivity index (χ0n) is 13.2. The van der Waals surface area contributed by atoms with Crippen molar-refractivity contribution in [1.29, 1.82) is 0 Å². The number of carbonyl (C=O) groups excluding carboxylic acids is 1. The van der Waals surface area contributed by atoms with Crippen molar-refractivity contribution in [3.8, 4) is 0 Å². The Morgan fingerprint density at radius 3 is 2.43 bits per heavy atom. The highest BCUT2D eigenvalue weighted by Crippen LogP contribution is 2.39. The molecule has 2 rings (SSSR count). The zero-order chi connectivity index (χ0) is 16.8. The van der Waals surface area contributed by atoms with E-state index in [1.807, 2.05) is 31.3 Å². The number of aliphatic carboxylic acids is 1. The van der Waals surface area contributed by atoms with E-state index >= 15 is 0 Å². The predicted molar refractivity (Wildman–Crippen MR) is 93.9 cm³/mol. The fraction of sp³-hybridized carbons (Fsp3) is 0.529. The Kier molecular flexibility index (Phi) is 6.78. The average molecular weight is 356 g/mol. The van der Waals surface area contributed by atoms with E-state index in [4.69, 9.17) is 16.7 Å². The predicted octanol–water partition coefficient (Wildman–Crippen LogP) is 3.85. The monoisotopic (exact) mass is 355 g/mol. The van der Waals surface area contributed by atoms with Crippen molar-refractivity contribution in [2.24, 2.45) is 5.92 Å². The number of rotatable bonds is 7. The van der Waals surface area contributed by atoms with Crippen molar-refractivity contribution < 1.29 is 14.7 Å². The average Bonchev–Trinajstić information content (AvgIpc) is 3.03. The van der Waals surface area contributed by atoms with E-state index in [1.165, 1.54) is 12.8 Å². The Balaban J connectivity index is 2.10. The number of carboxylic acid groups (broad SMARTS) is 1. The van der Waals surface area contributed by atoms with Crippen molar-refractivity contribution in [2.45, 2.75) is 31.7 Å². The van der Waals surface area contributed by atoms with Gasteiger partial charge in [-0.25, -0.2) is 0 Å². The lowest BCUT2D eigenvalue weighted by atomic mass is 9.90. The summed E-state index contributed by atoms with van der Waals surface area (Å²) in [6.07, 6.45) is 4.63. The van der Waals surface area contributed by atoms with Crippen molar-refractivity contribution in [3.05, 3.63) is 34.9 Å². The van der Waals surface area contributed by atoms with Gasteiger partial charge in [-0.1, -0.05) is 36.6 Å². The van der Waals surface area contributed by atoms with Crippen LogP contribution >= 0.6 is 23.4 Å². The molecular formula is C17H22ClNO3S. The van der Waals surface area contributed by atoms with Crippen molar-refractivity contribution >= 4 is 35.2 Å². The molecule has 0 radical (unpaired) electrons. The van der Waals surface area contributed by atoms with Gasteiger partial charge in [-0.3, -0.25) is 9.59 Å². The number of hydrogen-bond acceptors (Lipinski definition) is 3. The van der Waals surface area contributed by atoms with E-state index in [0.717, 1.165) is 30.2 Å². The highest BCUT2D eigenvalue weighted by Gasteiger charge is 2.31. The third kappa shape index (κ3) is 5.15. The van der Waals surface area contributed by atoms with Gasteiger partial charge in [-0.05, 0) is 36.5 Å². The van der Waals surface area contributed by atoms with Gasteiger partial charge >= 0.3 is 5.97 Å². The first-order valence-corrected chi connectivity index (χ1v) is 9.33. The molecule has 1 unspecified atom stereocenters. The molecule has 0 saturated heterocycles. The summed E-state index contributed by atoms with van der Waals surface area (Å²) in [4.78, 5) is 24.8. The Morgan fingerprint density at radius 1 is 1.26 bits per heavy atom. The normalized spacial score (nSPS) is 16.3. The number of carboxylic acids is 1. The van der Waals surface area contributed by atoms with Gasteiger partial charge in [0, 0.05) is 12.1 Å². The van der Waals surface area contributed by atoms with Gasteiger partial charge in [0.1, 0.15) is 0 Å². The van der Waals surface area contributed by atoms with Crippen LogP contribution in [0.1, 0.15) is 37.3 Å². The summed E-state index contributed by atoms with van der Waals surface area (Å²) < 4.78 is 0. The van der Waals surface area contributed by atoms with Crippen LogP contribution in [0.25, 0.3) is 0 Å². The summed E-state index contributed by atoms with van der Waals surface area (Å²) >= 11 is 7.12. The SMILES string of the molecule is CN(C(=O)CSCC(=O)O)C(c1ccc(Cl)cc1)C1CCCC1. The van der Waals surface area contributed by atoms with Crippen LogP contribution in [0.3, 0.4) is 0 Å². The first-order chi connectivity index (χ1) is 11.0. The minimum absolute atomic E-state index is 0.0249. The van der Waals surface area contributed by atoms with Gasteiger partial charge in [0.15, 0.2) is 0 Å². The van der Waals surface area contributed by atoms with Crippen LogP contribution in [0.2, 0.25) is 5.02 Å². The number of benzene rings is 1. The summed E-state index contributed by atoms with van der Waals surface area (Å²) in [5.41, 5.74) is 1.10. The topological polar surface area (TPSA) is 57.6 Å². The maximum absolute atomic E-state index is 12.4. The van der Waals surface area contributed by atoms with E-state index in [2.05, 4.69) is 0 Å². The van der Waals surface area contributed by atoms with Crippen molar-refractivity contribution in [2.75, 3.05) is 18.6 Å². The van der Waals surface area contributed by atoms with Crippen LogP contribution in [0.5, 0.6) is 0 Å². The molecule has 1 aromatic carbocycles. The van der Waals surface area contributed by atoms with Gasteiger partial charge in [0.05, 0.1) is 17.5 Å². The molecule has 6 heteroatoms. The molecule has 23 heavy (non-hydrogen) atoms. The van der Waals surface area contributed by atoms with Crippen LogP contribution in [-0.4, -0.2) is 40.4 Å². The highest BCUT2D eigenvalue weighted by atomic mass is 35.5. The summed E-state index contributed by atoms with van der Waals surface area (Å²) in [6.45, 7) is 0. The summed E-state index contributed by atoms with van der Waals surface area (Å²) in [6, 6.07) is 7.72. The number of amides is 1. The number of nitrogens with zero attached hydrogens (tertiary/aromatic N) is 1. The number of thioether (sulfide) groups is 1. The number of halogens is 1. The van der Waals surface area contributed by atoms with E-state index in [9.17, 15) is 9.59 Å². The molecule has 0 heterocycles. The van der Waals surface area contributed by atoms with E-state index in [-0.39, 0.29) is 23.5 Å². The maximum Gasteiger partial charge on any atom is 0.313 e. The second-order valence-electron chi connectivity index (χ2n) is 5.93. The Morgan fingerprint density at radius 2 is 1.87 bits per heavy atom. The highest BCUT2D eigenvalue weighted by molar-refractivity contribution is 8.00. The minimum Gasteiger partial charge on any atom is -0.481 e. The summed E-state index contributed by atoms with van der Waals surface area (Å²) in [5, 5.41) is 9.38. The first-order valence-electron chi connectivity index (χ1n) is 7.79. The lowest BCUT2D eigenvalue weighted by Crippen LogP contribution is -2.36. The number of hydrogen-bond donors (Lipinski definition) is 1. The Labute approximate surface area is 146 Å². The molecule has 0 aliphatic heterocycles. The molecule has 0 spiro atoms. The summed E-state index contributed by atoms with van der Waals surface area (Å²) in [5.74, 6) is -0.318. The van der Waals surface area contributed by atoms with Gasteiger partial charge in [-0.2, -0.15) is 0 Å². The second-order valence-corrected chi connectivity index (χ2v) is 7.35. The molecule has 1 aromatic rings. The Bertz CT molecular complexity index is 543. The van der Waals surface area contributed by atoms with Gasteiger partial charge < -0.3 is 10.0 Å². The first kappa shape index (κ1) is 18.1. The molecule has 1 atom stereocenters. The molecule has 4 nitrogen and oxygen atoms in total. The van der Waals surface area contributed by atoms with Crippen LogP contribution in [0.15, 0.2) is 24.3 Å². The van der Waals surface area contributed by atoms with E-state index in [1.54, 1.807) is 4.90 Å². The molecule has 0 bridgehead atoms. The summed E-state index contributed by atoms with van der Waals surface area (Å²) in [7, 11) is 1.82. The third-order valence-electron chi connectivity index (χ3n) is 4.32. The van der Waals surface area contributed by atoms with Crippen LogP contribution < -0.4 is 0 Å². The molecule has 1 fully saturated rings. The van der Waals surface area contributed by atoms with Crippen LogP contribution in [0, 0.1) is 5.92 Å². The quantitative estimate of drug-likeness (QED) is 0.807. The number of carbonyl (C=O) groups is 2. The zero-order valence-corrected chi connectivity index (χ0v) is 14.8. The molecule has 0 aromatic heterocycles. The smallest absolute Gasteiger partial charge is 0.313 e. The van der Waals surface area contributed by atoms with E-state index < -0.39 is 5.97 Å². The van der Waals surface area contributed by atoms with Crippen molar-refractivity contribution in [3.63, 3.8) is 0 Å². The molecular weight excluding hydrogens is 334 g/mol. The molecule has 1 saturated carbocycles. The lowest BCUT2D eigenvalue weighted by Gasteiger charge is -2.33. The molecule has 126 valence electrons. The largest absolute Gasteiger partial charge is 0.481 e. The standard InChI is InChI=1S/C17H22ClNO3S/c1-19(15(20)10-23-11-16(21)22)17(12-4-2-3-5-12)13-6-8-14(18)9-7-13/h6-9,12,17H,2-5,10-11H2,1H3,(H,21,22).